The summed E-state index contributed by atoms with van der Waals surface area (Å²) in [6.07, 6.45) is 0. The van der Waals surface area contributed by atoms with Gasteiger partial charge in [-0.2, -0.15) is 0 Å². The molecule has 54 valence electrons. The Balaban J connectivity index is 2.76. The van der Waals surface area contributed by atoms with Gasteiger partial charge in [-0.05, 0) is 6.92 Å². The van der Waals surface area contributed by atoms with Crippen molar-refractivity contribution in [3.63, 3.8) is 0 Å². The smallest absolute Gasteiger partial charge is 0.322 e. The van der Waals surface area contributed by atoms with Crippen LogP contribution in [-0.2, 0) is 4.79 Å². The van der Waals surface area contributed by atoms with Crippen molar-refractivity contribution >= 4 is 29.0 Å². The first-order valence-electron chi connectivity index (χ1n) is 2.77. The van der Waals surface area contributed by atoms with Gasteiger partial charge in [0.25, 0.3) is 5.91 Å². The predicted octanol–water partition coefficient (Wildman–Crippen LogP) is -0.416. The highest BCUT2D eigenvalue weighted by atomic mass is 32.1. The van der Waals surface area contributed by atoms with Gasteiger partial charge in [0.05, 0.1) is 6.04 Å². The summed E-state index contributed by atoms with van der Waals surface area (Å²) in [6.45, 7) is 1.67. The Bertz CT molecular complexity index is 214. The fraction of sp³-hybridized carbons (Fsp3) is 0.400. The minimum atomic E-state index is -0.480. The maximum absolute atomic E-state index is 10.7. The van der Waals surface area contributed by atoms with E-state index in [0.29, 0.717) is 0 Å². The predicted molar refractivity (Wildman–Crippen MR) is 38.7 cm³/mol. The van der Waals surface area contributed by atoms with E-state index in [1.807, 2.05) is 5.32 Å². The molecule has 0 aromatic rings. The molecule has 0 unspecified atom stereocenters. The van der Waals surface area contributed by atoms with Crippen molar-refractivity contribution in [2.45, 2.75) is 13.0 Å². The first-order chi connectivity index (χ1) is 4.61. The minimum Gasteiger partial charge on any atom is -0.330 e. The zero-order valence-electron chi connectivity index (χ0n) is 5.30. The summed E-state index contributed by atoms with van der Waals surface area (Å²) in [7, 11) is 0. The number of thiocarbonyl (C=S) groups is 1. The molecule has 10 heavy (non-hydrogen) atoms. The topological polar surface area (TPSA) is 58.2 Å². The number of urea groups is 1. The number of rotatable bonds is 0. The molecule has 0 aromatic carbocycles. The van der Waals surface area contributed by atoms with Gasteiger partial charge in [0, 0.05) is 0 Å². The quantitative estimate of drug-likeness (QED) is 0.471. The summed E-state index contributed by atoms with van der Waals surface area (Å²) in [4.78, 5) is 21.5. The van der Waals surface area contributed by atoms with Gasteiger partial charge in [-0.3, -0.25) is 10.1 Å². The average Bonchev–Trinajstić information content (AvgIpc) is 1.82. The van der Waals surface area contributed by atoms with E-state index in [4.69, 9.17) is 0 Å². The highest BCUT2D eigenvalue weighted by Gasteiger charge is 2.25. The number of carbonyl (C=O) groups excluding carboxylic acids is 2. The molecule has 1 aliphatic heterocycles. The van der Waals surface area contributed by atoms with Gasteiger partial charge < -0.3 is 5.32 Å². The highest BCUT2D eigenvalue weighted by Crippen LogP contribution is 1.93. The van der Waals surface area contributed by atoms with E-state index in [2.05, 4.69) is 17.5 Å². The number of imide groups is 1. The standard InChI is InChI=1S/C5H6N2O2S/c1-2-3(10)4(8)7-5(9)6-2/h2H,1H3,(H2,6,7,8,9)/t2-/m1/s1. The SMILES string of the molecule is C[C@H]1NC(=O)NC(=O)C1=S. The summed E-state index contributed by atoms with van der Waals surface area (Å²) < 4.78 is 0. The molecule has 1 saturated heterocycles. The maximum Gasteiger partial charge on any atom is 0.322 e. The van der Waals surface area contributed by atoms with Gasteiger partial charge in [0.15, 0.2) is 0 Å². The Morgan fingerprint density at radius 3 is 2.60 bits per heavy atom. The second-order valence-electron chi connectivity index (χ2n) is 2.01. The molecule has 1 heterocycles. The molecule has 2 N–H and O–H groups in total. The second-order valence-corrected chi connectivity index (χ2v) is 2.45. The third-order valence-electron chi connectivity index (χ3n) is 1.19. The van der Waals surface area contributed by atoms with Crippen molar-refractivity contribution in [3.05, 3.63) is 0 Å². The van der Waals surface area contributed by atoms with Crippen molar-refractivity contribution in [1.82, 2.24) is 10.6 Å². The Labute approximate surface area is 63.0 Å². The number of hydrogen-bond donors (Lipinski definition) is 2. The third-order valence-corrected chi connectivity index (χ3v) is 1.73. The third kappa shape index (κ3) is 1.13. The van der Waals surface area contributed by atoms with Gasteiger partial charge in [0.1, 0.15) is 4.86 Å². The molecule has 0 radical (unpaired) electrons. The first kappa shape index (κ1) is 7.14. The van der Waals surface area contributed by atoms with E-state index in [1.165, 1.54) is 0 Å². The maximum atomic E-state index is 10.7. The van der Waals surface area contributed by atoms with Crippen molar-refractivity contribution in [2.75, 3.05) is 0 Å². The van der Waals surface area contributed by atoms with Crippen molar-refractivity contribution in [3.8, 4) is 0 Å². The van der Waals surface area contributed by atoms with Gasteiger partial charge in [-0.15, -0.1) is 0 Å². The van der Waals surface area contributed by atoms with E-state index in [1.54, 1.807) is 6.92 Å². The molecule has 1 aliphatic rings. The van der Waals surface area contributed by atoms with Crippen molar-refractivity contribution < 1.29 is 9.59 Å². The molecule has 0 aliphatic carbocycles. The molecule has 1 fully saturated rings. The van der Waals surface area contributed by atoms with Crippen LogP contribution in [0, 0.1) is 0 Å². The van der Waals surface area contributed by atoms with Crippen molar-refractivity contribution in [2.24, 2.45) is 0 Å². The Morgan fingerprint density at radius 1 is 1.50 bits per heavy atom. The van der Waals surface area contributed by atoms with Gasteiger partial charge >= 0.3 is 6.03 Å². The lowest BCUT2D eigenvalue weighted by Gasteiger charge is -2.19. The number of nitrogens with one attached hydrogen (secondary N) is 2. The summed E-state index contributed by atoms with van der Waals surface area (Å²) in [6, 6.07) is -0.803. The van der Waals surface area contributed by atoms with E-state index < -0.39 is 11.9 Å². The van der Waals surface area contributed by atoms with E-state index in [9.17, 15) is 9.59 Å². The zero-order valence-corrected chi connectivity index (χ0v) is 6.12. The van der Waals surface area contributed by atoms with Crippen LogP contribution in [0.5, 0.6) is 0 Å². The number of hydrogen-bond acceptors (Lipinski definition) is 3. The van der Waals surface area contributed by atoms with Crippen LogP contribution in [0.4, 0.5) is 4.79 Å². The first-order valence-corrected chi connectivity index (χ1v) is 3.18. The Kier molecular flexibility index (Phi) is 1.67. The molecule has 4 nitrogen and oxygen atoms in total. The van der Waals surface area contributed by atoms with Crippen LogP contribution in [0.2, 0.25) is 0 Å². The van der Waals surface area contributed by atoms with Crippen LogP contribution in [0.15, 0.2) is 0 Å². The zero-order chi connectivity index (χ0) is 7.72. The Morgan fingerprint density at radius 2 is 2.10 bits per heavy atom. The fourth-order valence-corrected chi connectivity index (χ4v) is 0.770. The molecular formula is C5H6N2O2S. The normalized spacial score (nSPS) is 25.7. The molecular weight excluding hydrogens is 152 g/mol. The summed E-state index contributed by atoms with van der Waals surface area (Å²) >= 11 is 4.68. The molecule has 5 heteroatoms. The fourth-order valence-electron chi connectivity index (χ4n) is 0.660. The minimum absolute atomic E-state index is 0.222. The molecule has 1 atom stereocenters. The lowest BCUT2D eigenvalue weighted by molar-refractivity contribution is -0.114. The molecule has 1 rings (SSSR count). The molecule has 0 bridgehead atoms. The van der Waals surface area contributed by atoms with Gasteiger partial charge in [0.2, 0.25) is 0 Å². The second kappa shape index (κ2) is 2.34. The summed E-state index contributed by atoms with van der Waals surface area (Å²) in [5.41, 5.74) is 0. The molecule has 0 saturated carbocycles. The van der Waals surface area contributed by atoms with Crippen LogP contribution < -0.4 is 10.6 Å². The van der Waals surface area contributed by atoms with Crippen molar-refractivity contribution in [1.29, 1.82) is 0 Å². The van der Waals surface area contributed by atoms with Crippen LogP contribution in [-0.4, -0.2) is 22.8 Å². The summed E-state index contributed by atoms with van der Waals surface area (Å²) in [5.74, 6) is -0.466. The van der Waals surface area contributed by atoms with E-state index in [0.717, 1.165) is 0 Å². The van der Waals surface area contributed by atoms with E-state index >= 15 is 0 Å². The monoisotopic (exact) mass is 158 g/mol. The number of carbonyl (C=O) groups is 2. The van der Waals surface area contributed by atoms with Gasteiger partial charge in [-0.1, -0.05) is 12.2 Å². The van der Waals surface area contributed by atoms with Gasteiger partial charge in [-0.25, -0.2) is 4.79 Å². The average molecular weight is 158 g/mol. The number of amides is 3. The van der Waals surface area contributed by atoms with Crippen LogP contribution in [0.1, 0.15) is 6.92 Å². The molecule has 0 aromatic heterocycles. The Hall–Kier alpha value is -0.970. The lowest BCUT2D eigenvalue weighted by atomic mass is 10.2. The van der Waals surface area contributed by atoms with Crippen LogP contribution in [0.25, 0.3) is 0 Å². The highest BCUT2D eigenvalue weighted by molar-refractivity contribution is 7.82. The van der Waals surface area contributed by atoms with Crippen LogP contribution >= 0.6 is 12.2 Å². The largest absolute Gasteiger partial charge is 0.330 e. The lowest BCUT2D eigenvalue weighted by Crippen LogP contribution is -2.56. The van der Waals surface area contributed by atoms with Crippen LogP contribution in [0.3, 0.4) is 0 Å². The van der Waals surface area contributed by atoms with E-state index in [-0.39, 0.29) is 10.9 Å². The molecule has 3 amide bonds. The molecule has 0 spiro atoms. The summed E-state index contributed by atoms with van der Waals surface area (Å²) in [5, 5.41) is 4.48.